The number of phenolic OH excluding ortho intramolecular Hbond substituents is 1. The summed E-state index contributed by atoms with van der Waals surface area (Å²) in [7, 11) is 0. The fourth-order valence-electron chi connectivity index (χ4n) is 3.64. The van der Waals surface area contributed by atoms with Crippen molar-refractivity contribution in [3.05, 3.63) is 57.6 Å². The lowest BCUT2D eigenvalue weighted by atomic mass is 9.92. The number of nitrogens with two attached hydrogens (primary N) is 1. The Hall–Kier alpha value is -1.85. The van der Waals surface area contributed by atoms with Crippen LogP contribution >= 0.6 is 15.9 Å². The number of benzene rings is 2. The van der Waals surface area contributed by atoms with Gasteiger partial charge < -0.3 is 15.7 Å². The van der Waals surface area contributed by atoms with Crippen LogP contribution in [0.25, 0.3) is 0 Å². The summed E-state index contributed by atoms with van der Waals surface area (Å²) in [5.41, 5.74) is 10.3. The molecule has 25 heavy (non-hydrogen) atoms. The minimum atomic E-state index is -0.424. The van der Waals surface area contributed by atoms with E-state index in [4.69, 9.17) is 5.73 Å². The van der Waals surface area contributed by atoms with Gasteiger partial charge >= 0.3 is 0 Å². The first kappa shape index (κ1) is 18.0. The van der Waals surface area contributed by atoms with Crippen LogP contribution in [-0.2, 0) is 11.2 Å². The van der Waals surface area contributed by atoms with E-state index in [2.05, 4.69) is 28.9 Å². The van der Waals surface area contributed by atoms with E-state index in [9.17, 15) is 9.90 Å². The minimum absolute atomic E-state index is 0.0332. The summed E-state index contributed by atoms with van der Waals surface area (Å²) in [5.74, 6) is 0.647. The summed E-state index contributed by atoms with van der Waals surface area (Å²) in [6, 6.07) is 10.9. The number of aryl methyl sites for hydroxylation is 1. The van der Waals surface area contributed by atoms with Crippen LogP contribution in [-0.4, -0.2) is 17.6 Å². The van der Waals surface area contributed by atoms with E-state index in [-0.39, 0.29) is 18.1 Å². The second-order valence-electron chi connectivity index (χ2n) is 6.91. The van der Waals surface area contributed by atoms with Gasteiger partial charge in [0, 0.05) is 29.2 Å². The lowest BCUT2D eigenvalue weighted by Gasteiger charge is -2.34. The van der Waals surface area contributed by atoms with Crippen LogP contribution in [0.2, 0.25) is 0 Å². The third-order valence-corrected chi connectivity index (χ3v) is 5.39. The van der Waals surface area contributed by atoms with Crippen molar-refractivity contribution in [2.75, 3.05) is 11.4 Å². The molecular formula is C20H23BrN2O2. The van der Waals surface area contributed by atoms with Gasteiger partial charge in [-0.2, -0.15) is 0 Å². The molecule has 0 spiro atoms. The number of hydrogen-bond donors (Lipinski definition) is 2. The molecule has 4 nitrogen and oxygen atoms in total. The van der Waals surface area contributed by atoms with Gasteiger partial charge in [0.05, 0.1) is 0 Å². The van der Waals surface area contributed by atoms with Gasteiger partial charge in [-0.3, -0.25) is 4.79 Å². The number of hydrogen-bond acceptors (Lipinski definition) is 3. The quantitative estimate of drug-likeness (QED) is 0.812. The predicted octanol–water partition coefficient (Wildman–Crippen LogP) is 4.08. The van der Waals surface area contributed by atoms with Crippen LogP contribution in [0.15, 0.2) is 40.9 Å². The number of anilines is 1. The second kappa shape index (κ2) is 7.18. The van der Waals surface area contributed by atoms with Gasteiger partial charge in [-0.25, -0.2) is 0 Å². The summed E-state index contributed by atoms with van der Waals surface area (Å²) in [6.45, 7) is 4.78. The number of halogens is 1. The highest BCUT2D eigenvalue weighted by atomic mass is 79.9. The largest absolute Gasteiger partial charge is 0.508 e. The lowest BCUT2D eigenvalue weighted by Crippen LogP contribution is -2.40. The molecule has 0 bridgehead atoms. The molecule has 0 fully saturated rings. The Morgan fingerprint density at radius 3 is 2.84 bits per heavy atom. The van der Waals surface area contributed by atoms with Gasteiger partial charge in [0.15, 0.2) is 0 Å². The van der Waals surface area contributed by atoms with Crippen LogP contribution < -0.4 is 10.6 Å². The Balaban J connectivity index is 1.83. The molecule has 2 aromatic rings. The molecule has 0 aliphatic carbocycles. The normalized spacial score (nSPS) is 17.9. The molecule has 1 aliphatic heterocycles. The standard InChI is InChI=1S/C20H23BrN2O2/c1-12-7-14-5-3-4-6-18(14)23(11-12)19(25)10-17(22)20-13(2)8-15(24)9-16(20)21/h3-6,8-9,12,17,24H,7,10-11,22H2,1-2H3. The first-order chi connectivity index (χ1) is 11.9. The fourth-order valence-corrected chi connectivity index (χ4v) is 4.48. The van der Waals surface area contributed by atoms with Crippen molar-refractivity contribution >= 4 is 27.5 Å². The van der Waals surface area contributed by atoms with Crippen molar-refractivity contribution in [1.29, 1.82) is 0 Å². The number of carbonyl (C=O) groups is 1. The minimum Gasteiger partial charge on any atom is -0.508 e. The Morgan fingerprint density at radius 1 is 1.40 bits per heavy atom. The zero-order valence-corrected chi connectivity index (χ0v) is 16.1. The van der Waals surface area contributed by atoms with E-state index in [0.29, 0.717) is 5.92 Å². The van der Waals surface area contributed by atoms with E-state index in [1.807, 2.05) is 30.0 Å². The molecule has 1 amide bonds. The van der Waals surface area contributed by atoms with Crippen molar-refractivity contribution in [1.82, 2.24) is 0 Å². The third kappa shape index (κ3) is 3.72. The Bertz CT molecular complexity index is 783. The number of rotatable bonds is 3. The molecule has 0 aromatic heterocycles. The van der Waals surface area contributed by atoms with Crippen LogP contribution in [0.5, 0.6) is 5.75 Å². The van der Waals surface area contributed by atoms with E-state index < -0.39 is 6.04 Å². The molecule has 0 saturated carbocycles. The molecular weight excluding hydrogens is 380 g/mol. The fraction of sp³-hybridized carbons (Fsp3) is 0.350. The average molecular weight is 403 g/mol. The van der Waals surface area contributed by atoms with Gasteiger partial charge in [-0.05, 0) is 54.2 Å². The van der Waals surface area contributed by atoms with Crippen LogP contribution in [0.1, 0.15) is 36.1 Å². The van der Waals surface area contributed by atoms with E-state index in [1.165, 1.54) is 5.56 Å². The zero-order chi connectivity index (χ0) is 18.1. The molecule has 1 aliphatic rings. The number of phenols is 1. The predicted molar refractivity (Wildman–Crippen MR) is 104 cm³/mol. The first-order valence-corrected chi connectivity index (χ1v) is 9.29. The topological polar surface area (TPSA) is 66.6 Å². The maximum atomic E-state index is 13.0. The van der Waals surface area contributed by atoms with Crippen LogP contribution in [0.3, 0.4) is 0 Å². The van der Waals surface area contributed by atoms with Crippen molar-refractivity contribution in [2.24, 2.45) is 11.7 Å². The smallest absolute Gasteiger partial charge is 0.228 e. The molecule has 5 heteroatoms. The number of nitrogens with zero attached hydrogens (tertiary/aromatic N) is 1. The highest BCUT2D eigenvalue weighted by molar-refractivity contribution is 9.10. The number of carbonyl (C=O) groups excluding carboxylic acids is 1. The SMILES string of the molecule is Cc1cc(O)cc(Br)c1C(N)CC(=O)N1CC(C)Cc2ccccc21. The molecule has 1 heterocycles. The summed E-state index contributed by atoms with van der Waals surface area (Å²) in [6.07, 6.45) is 1.22. The van der Waals surface area contributed by atoms with Crippen molar-refractivity contribution < 1.29 is 9.90 Å². The van der Waals surface area contributed by atoms with Gasteiger partial charge in [-0.15, -0.1) is 0 Å². The second-order valence-corrected chi connectivity index (χ2v) is 7.77. The monoisotopic (exact) mass is 402 g/mol. The summed E-state index contributed by atoms with van der Waals surface area (Å²) < 4.78 is 0.734. The summed E-state index contributed by atoms with van der Waals surface area (Å²) in [4.78, 5) is 14.8. The van der Waals surface area contributed by atoms with Gasteiger partial charge in [0.2, 0.25) is 5.91 Å². The van der Waals surface area contributed by atoms with E-state index >= 15 is 0 Å². The summed E-state index contributed by atoms with van der Waals surface area (Å²) >= 11 is 3.45. The Kier molecular flexibility index (Phi) is 5.16. The molecule has 2 aromatic carbocycles. The molecule has 132 valence electrons. The zero-order valence-electron chi connectivity index (χ0n) is 14.5. The molecule has 0 saturated heterocycles. The molecule has 2 atom stereocenters. The van der Waals surface area contributed by atoms with Gasteiger partial charge in [-0.1, -0.05) is 41.1 Å². The third-order valence-electron chi connectivity index (χ3n) is 4.73. The van der Waals surface area contributed by atoms with Gasteiger partial charge in [0.1, 0.15) is 5.75 Å². The maximum Gasteiger partial charge on any atom is 0.228 e. The van der Waals surface area contributed by atoms with Crippen LogP contribution in [0.4, 0.5) is 5.69 Å². The van der Waals surface area contributed by atoms with E-state index in [1.54, 1.807) is 12.1 Å². The lowest BCUT2D eigenvalue weighted by molar-refractivity contribution is -0.119. The maximum absolute atomic E-state index is 13.0. The molecule has 0 radical (unpaired) electrons. The van der Waals surface area contributed by atoms with Gasteiger partial charge in [0.25, 0.3) is 0 Å². The van der Waals surface area contributed by atoms with Crippen LogP contribution in [0, 0.1) is 12.8 Å². The highest BCUT2D eigenvalue weighted by Gasteiger charge is 2.28. The molecule has 2 unspecified atom stereocenters. The number of amides is 1. The average Bonchev–Trinajstić information content (AvgIpc) is 2.52. The highest BCUT2D eigenvalue weighted by Crippen LogP contribution is 2.34. The van der Waals surface area contributed by atoms with E-state index in [0.717, 1.165) is 34.3 Å². The number of fused-ring (bicyclic) bond motifs is 1. The molecule has 3 rings (SSSR count). The Labute approximate surface area is 156 Å². The number of aromatic hydroxyl groups is 1. The molecule has 3 N–H and O–H groups in total. The Morgan fingerprint density at radius 2 is 2.12 bits per heavy atom. The summed E-state index contributed by atoms with van der Waals surface area (Å²) in [5, 5.41) is 9.68. The first-order valence-electron chi connectivity index (χ1n) is 8.49. The van der Waals surface area contributed by atoms with Crippen molar-refractivity contribution in [2.45, 2.75) is 32.7 Å². The van der Waals surface area contributed by atoms with Crippen molar-refractivity contribution in [3.8, 4) is 5.75 Å². The number of para-hydroxylation sites is 1. The van der Waals surface area contributed by atoms with Crippen molar-refractivity contribution in [3.63, 3.8) is 0 Å².